The number of phenols is 1. The largest absolute Gasteiger partial charge is 0.508 e. The van der Waals surface area contributed by atoms with Crippen molar-refractivity contribution in [1.82, 2.24) is 14.8 Å². The molecule has 1 unspecified atom stereocenters. The van der Waals surface area contributed by atoms with Gasteiger partial charge in [-0.05, 0) is 42.7 Å². The van der Waals surface area contributed by atoms with Crippen molar-refractivity contribution in [2.24, 2.45) is 0 Å². The zero-order valence-electron chi connectivity index (χ0n) is 18.4. The summed E-state index contributed by atoms with van der Waals surface area (Å²) in [5.41, 5.74) is 2.97. The minimum atomic E-state index is -0.376. The minimum absolute atomic E-state index is 0.178. The third-order valence-electron chi connectivity index (χ3n) is 6.43. The van der Waals surface area contributed by atoms with Gasteiger partial charge in [-0.1, -0.05) is 19.1 Å². The van der Waals surface area contributed by atoms with Crippen LogP contribution in [0.25, 0.3) is 21.2 Å². The molecule has 4 aromatic rings. The summed E-state index contributed by atoms with van der Waals surface area (Å²) in [6.07, 6.45) is 0.725. The van der Waals surface area contributed by atoms with E-state index in [1.807, 2.05) is 19.1 Å². The van der Waals surface area contributed by atoms with Gasteiger partial charge < -0.3 is 9.52 Å². The van der Waals surface area contributed by atoms with E-state index in [0.717, 1.165) is 54.6 Å². The average molecular weight is 450 g/mol. The number of phenolic OH excluding ortho intramolecular Hbond substituents is 1. The predicted octanol–water partition coefficient (Wildman–Crippen LogP) is 4.55. The van der Waals surface area contributed by atoms with Gasteiger partial charge in [-0.3, -0.25) is 9.80 Å². The quantitative estimate of drug-likeness (QED) is 0.451. The SMILES string of the molecule is CCc1cc2c(CN3CCN(C(C)c4nc5ccccc5s4)CC3)cc(=O)oc2cc1O. The molecule has 166 valence electrons. The maximum Gasteiger partial charge on any atom is 0.336 e. The van der Waals surface area contributed by atoms with E-state index < -0.39 is 0 Å². The number of para-hydroxylation sites is 1. The van der Waals surface area contributed by atoms with Crippen molar-refractivity contribution in [3.8, 4) is 5.75 Å². The molecule has 7 heteroatoms. The van der Waals surface area contributed by atoms with E-state index in [1.165, 1.54) is 9.71 Å². The van der Waals surface area contributed by atoms with E-state index >= 15 is 0 Å². The fourth-order valence-electron chi connectivity index (χ4n) is 4.50. The number of hydrogen-bond donors (Lipinski definition) is 1. The van der Waals surface area contributed by atoms with Crippen LogP contribution in [0.1, 0.15) is 36.0 Å². The number of piperazine rings is 1. The average Bonchev–Trinajstić information content (AvgIpc) is 3.23. The number of fused-ring (bicyclic) bond motifs is 2. The molecule has 1 N–H and O–H groups in total. The smallest absolute Gasteiger partial charge is 0.336 e. The summed E-state index contributed by atoms with van der Waals surface area (Å²) in [5.74, 6) is 0.178. The Bertz CT molecular complexity index is 1290. The first kappa shape index (κ1) is 21.1. The second-order valence-corrected chi connectivity index (χ2v) is 9.49. The van der Waals surface area contributed by atoms with Crippen molar-refractivity contribution in [3.63, 3.8) is 0 Å². The minimum Gasteiger partial charge on any atom is -0.508 e. The first-order valence-electron chi connectivity index (χ1n) is 11.1. The molecule has 0 aliphatic carbocycles. The summed E-state index contributed by atoms with van der Waals surface area (Å²) in [6, 6.07) is 13.7. The van der Waals surface area contributed by atoms with Gasteiger partial charge in [0, 0.05) is 50.2 Å². The summed E-state index contributed by atoms with van der Waals surface area (Å²) in [4.78, 5) is 21.8. The summed E-state index contributed by atoms with van der Waals surface area (Å²) < 4.78 is 6.58. The standard InChI is InChI=1S/C25H27N3O3S/c1-3-17-12-19-18(13-24(30)31-22(19)14-21(17)29)15-27-8-10-28(11-9-27)16(2)25-26-20-6-4-5-7-23(20)32-25/h4-7,12-14,16,29H,3,8-11,15H2,1-2H3. The Morgan fingerprint density at radius 1 is 1.12 bits per heavy atom. The molecule has 2 aromatic carbocycles. The van der Waals surface area contributed by atoms with E-state index in [9.17, 15) is 9.90 Å². The van der Waals surface area contributed by atoms with Crippen molar-refractivity contribution in [3.05, 3.63) is 69.0 Å². The van der Waals surface area contributed by atoms with E-state index in [2.05, 4.69) is 34.9 Å². The molecule has 3 heterocycles. The highest BCUT2D eigenvalue weighted by molar-refractivity contribution is 7.18. The Morgan fingerprint density at radius 3 is 2.66 bits per heavy atom. The van der Waals surface area contributed by atoms with E-state index in [1.54, 1.807) is 23.5 Å². The number of benzene rings is 2. The predicted molar refractivity (Wildman–Crippen MR) is 128 cm³/mol. The molecule has 1 fully saturated rings. The molecule has 6 nitrogen and oxygen atoms in total. The van der Waals surface area contributed by atoms with Gasteiger partial charge in [0.15, 0.2) is 0 Å². The Kier molecular flexibility index (Phi) is 5.71. The summed E-state index contributed by atoms with van der Waals surface area (Å²) in [6.45, 7) is 8.70. The van der Waals surface area contributed by atoms with Crippen molar-refractivity contribution >= 4 is 32.5 Å². The molecule has 0 bridgehead atoms. The topological polar surface area (TPSA) is 69.8 Å². The number of thiazole rings is 1. The molecule has 32 heavy (non-hydrogen) atoms. The lowest BCUT2D eigenvalue weighted by Gasteiger charge is -2.37. The highest BCUT2D eigenvalue weighted by atomic mass is 32.1. The van der Waals surface area contributed by atoms with Crippen LogP contribution in [0.3, 0.4) is 0 Å². The number of rotatable bonds is 5. The van der Waals surface area contributed by atoms with E-state index in [-0.39, 0.29) is 17.4 Å². The second-order valence-electron chi connectivity index (χ2n) is 8.43. The lowest BCUT2D eigenvalue weighted by Crippen LogP contribution is -2.46. The summed E-state index contributed by atoms with van der Waals surface area (Å²) >= 11 is 1.78. The first-order valence-corrected chi connectivity index (χ1v) is 11.9. The Hall–Kier alpha value is -2.74. The summed E-state index contributed by atoms with van der Waals surface area (Å²) in [7, 11) is 0. The number of aryl methyl sites for hydroxylation is 1. The maximum absolute atomic E-state index is 12.1. The van der Waals surface area contributed by atoms with Gasteiger partial charge in [0.05, 0.1) is 16.3 Å². The number of hydrogen-bond acceptors (Lipinski definition) is 7. The van der Waals surface area contributed by atoms with Gasteiger partial charge in [-0.2, -0.15) is 0 Å². The van der Waals surface area contributed by atoms with E-state index in [0.29, 0.717) is 12.1 Å². The van der Waals surface area contributed by atoms with E-state index in [4.69, 9.17) is 9.40 Å². The maximum atomic E-state index is 12.1. The van der Waals surface area contributed by atoms with Crippen molar-refractivity contribution in [2.45, 2.75) is 32.9 Å². The van der Waals surface area contributed by atoms with Crippen molar-refractivity contribution in [1.29, 1.82) is 0 Å². The zero-order valence-corrected chi connectivity index (χ0v) is 19.2. The number of aromatic hydroxyl groups is 1. The number of aromatic nitrogens is 1. The molecule has 1 aliphatic rings. The third-order valence-corrected chi connectivity index (χ3v) is 7.63. The molecule has 1 saturated heterocycles. The highest BCUT2D eigenvalue weighted by Gasteiger charge is 2.25. The first-order chi connectivity index (χ1) is 15.5. The Morgan fingerprint density at radius 2 is 1.91 bits per heavy atom. The fraction of sp³-hybridized carbons (Fsp3) is 0.360. The number of nitrogens with zero attached hydrogens (tertiary/aromatic N) is 3. The molecule has 1 aliphatic heterocycles. The van der Waals surface area contributed by atoms with Crippen LogP contribution in [0.5, 0.6) is 5.75 Å². The second kappa shape index (κ2) is 8.65. The summed E-state index contributed by atoms with van der Waals surface area (Å²) in [5, 5.41) is 12.2. The van der Waals surface area contributed by atoms with Crippen LogP contribution in [0.4, 0.5) is 0 Å². The molecule has 2 aromatic heterocycles. The van der Waals surface area contributed by atoms with Gasteiger partial charge in [-0.25, -0.2) is 9.78 Å². The van der Waals surface area contributed by atoms with Crippen LogP contribution in [-0.2, 0) is 13.0 Å². The van der Waals surface area contributed by atoms with Crippen LogP contribution in [0.15, 0.2) is 51.7 Å². The lowest BCUT2D eigenvalue weighted by atomic mass is 10.0. The highest BCUT2D eigenvalue weighted by Crippen LogP contribution is 2.31. The molecule has 1 atom stereocenters. The van der Waals surface area contributed by atoms with Crippen LogP contribution in [0, 0.1) is 0 Å². The Labute approximate surface area is 190 Å². The van der Waals surface area contributed by atoms with Gasteiger partial charge in [0.1, 0.15) is 16.3 Å². The Balaban J connectivity index is 1.30. The van der Waals surface area contributed by atoms with Crippen LogP contribution >= 0.6 is 11.3 Å². The van der Waals surface area contributed by atoms with Crippen LogP contribution in [0.2, 0.25) is 0 Å². The molecule has 0 saturated carbocycles. The van der Waals surface area contributed by atoms with Gasteiger partial charge in [-0.15, -0.1) is 11.3 Å². The van der Waals surface area contributed by atoms with Gasteiger partial charge in [0.2, 0.25) is 0 Å². The molecule has 0 radical (unpaired) electrons. The van der Waals surface area contributed by atoms with Gasteiger partial charge >= 0.3 is 5.63 Å². The normalized spacial score (nSPS) is 16.7. The molecule has 0 spiro atoms. The van der Waals surface area contributed by atoms with Crippen LogP contribution in [-0.4, -0.2) is 46.1 Å². The van der Waals surface area contributed by atoms with Gasteiger partial charge in [0.25, 0.3) is 0 Å². The molecule has 0 amide bonds. The van der Waals surface area contributed by atoms with Crippen molar-refractivity contribution in [2.75, 3.05) is 26.2 Å². The molecule has 5 rings (SSSR count). The fourth-order valence-corrected chi connectivity index (χ4v) is 5.55. The van der Waals surface area contributed by atoms with Crippen molar-refractivity contribution < 1.29 is 9.52 Å². The van der Waals surface area contributed by atoms with Crippen LogP contribution < -0.4 is 5.63 Å². The monoisotopic (exact) mass is 449 g/mol. The molecular weight excluding hydrogens is 422 g/mol. The lowest BCUT2D eigenvalue weighted by molar-refractivity contribution is 0.0980. The third kappa shape index (κ3) is 4.03. The molecular formula is C25H27N3O3S. The zero-order chi connectivity index (χ0) is 22.2.